The molecule has 0 saturated carbocycles. The van der Waals surface area contributed by atoms with Crippen LogP contribution in [0.5, 0.6) is 0 Å². The van der Waals surface area contributed by atoms with Crippen LogP contribution in [0.15, 0.2) is 59.8 Å². The first-order valence-electron chi connectivity index (χ1n) is 6.45. The number of esters is 1. The van der Waals surface area contributed by atoms with E-state index in [-0.39, 0.29) is 29.0 Å². The van der Waals surface area contributed by atoms with Crippen LogP contribution in [0.2, 0.25) is 0 Å². The van der Waals surface area contributed by atoms with Gasteiger partial charge in [-0.2, -0.15) is 8.78 Å². The monoisotopic (exact) mass is 321 g/mol. The van der Waals surface area contributed by atoms with E-state index in [1.807, 2.05) is 36.4 Å². The molecule has 0 atom stereocenters. The van der Waals surface area contributed by atoms with Crippen LogP contribution in [-0.4, -0.2) is 23.3 Å². The Labute approximate surface area is 131 Å². The summed E-state index contributed by atoms with van der Waals surface area (Å²) < 4.78 is 29.9. The fourth-order valence-electron chi connectivity index (χ4n) is 1.67. The molecule has 2 aromatic rings. The standard InChI is InChI=1S/C16H13F2NO2S/c17-16(18)22-14-13(9-4-10-19-14)15(20)21-11-5-8-12-6-2-1-3-7-12/h1-10,16H,11H2/b8-5+. The van der Waals surface area contributed by atoms with Gasteiger partial charge < -0.3 is 4.74 Å². The van der Waals surface area contributed by atoms with Crippen molar-refractivity contribution in [2.45, 2.75) is 10.8 Å². The second-order valence-corrected chi connectivity index (χ2v) is 5.12. The molecule has 0 aliphatic heterocycles. The van der Waals surface area contributed by atoms with E-state index in [1.165, 1.54) is 18.3 Å². The van der Waals surface area contributed by atoms with Gasteiger partial charge in [0.15, 0.2) is 0 Å². The molecule has 0 saturated heterocycles. The van der Waals surface area contributed by atoms with Gasteiger partial charge in [-0.1, -0.05) is 36.4 Å². The van der Waals surface area contributed by atoms with E-state index in [0.717, 1.165) is 5.56 Å². The summed E-state index contributed by atoms with van der Waals surface area (Å²) >= 11 is 0.226. The van der Waals surface area contributed by atoms with Crippen molar-refractivity contribution in [3.05, 3.63) is 65.9 Å². The number of ether oxygens (including phenoxy) is 1. The molecule has 1 heterocycles. The van der Waals surface area contributed by atoms with Crippen molar-refractivity contribution in [2.24, 2.45) is 0 Å². The average molecular weight is 321 g/mol. The molecular formula is C16H13F2NO2S. The highest BCUT2D eigenvalue weighted by Crippen LogP contribution is 2.26. The molecule has 0 spiro atoms. The maximum Gasteiger partial charge on any atom is 0.341 e. The zero-order valence-electron chi connectivity index (χ0n) is 11.5. The van der Waals surface area contributed by atoms with Crippen molar-refractivity contribution < 1.29 is 18.3 Å². The van der Waals surface area contributed by atoms with Crippen molar-refractivity contribution in [1.82, 2.24) is 4.98 Å². The van der Waals surface area contributed by atoms with Gasteiger partial charge in [-0.3, -0.25) is 0 Å². The molecular weight excluding hydrogens is 308 g/mol. The Bertz CT molecular complexity index is 648. The third-order valence-corrected chi connectivity index (χ3v) is 3.34. The van der Waals surface area contributed by atoms with Crippen LogP contribution in [0.1, 0.15) is 15.9 Å². The summed E-state index contributed by atoms with van der Waals surface area (Å²) in [5.41, 5.74) is 1.02. The molecule has 0 unspecified atom stereocenters. The van der Waals surface area contributed by atoms with Crippen LogP contribution in [0.25, 0.3) is 6.08 Å². The van der Waals surface area contributed by atoms with Crippen molar-refractivity contribution in [2.75, 3.05) is 6.61 Å². The van der Waals surface area contributed by atoms with E-state index >= 15 is 0 Å². The summed E-state index contributed by atoms with van der Waals surface area (Å²) in [5.74, 6) is -3.31. The zero-order valence-corrected chi connectivity index (χ0v) is 12.3. The number of hydrogen-bond acceptors (Lipinski definition) is 4. The fourth-order valence-corrected chi connectivity index (χ4v) is 2.24. The summed E-state index contributed by atoms with van der Waals surface area (Å²) in [7, 11) is 0. The summed E-state index contributed by atoms with van der Waals surface area (Å²) in [4.78, 5) is 15.7. The van der Waals surface area contributed by atoms with Crippen LogP contribution in [0.4, 0.5) is 8.78 Å². The maximum atomic E-state index is 12.4. The fraction of sp³-hybridized carbons (Fsp3) is 0.125. The van der Waals surface area contributed by atoms with Gasteiger partial charge in [-0.15, -0.1) is 0 Å². The molecule has 1 aromatic heterocycles. The van der Waals surface area contributed by atoms with Gasteiger partial charge >= 0.3 is 5.97 Å². The minimum Gasteiger partial charge on any atom is -0.458 e. The highest BCUT2D eigenvalue weighted by Gasteiger charge is 2.17. The number of carbonyl (C=O) groups excluding carboxylic acids is 1. The number of benzene rings is 1. The predicted octanol–water partition coefficient (Wildman–Crippen LogP) is 4.27. The SMILES string of the molecule is O=C(OC/C=C/c1ccccc1)c1cccnc1SC(F)F. The molecule has 1 aromatic carbocycles. The van der Waals surface area contributed by atoms with Gasteiger partial charge in [0, 0.05) is 6.20 Å². The Morgan fingerprint density at radius 1 is 1.23 bits per heavy atom. The number of hydrogen-bond donors (Lipinski definition) is 0. The van der Waals surface area contributed by atoms with Crippen LogP contribution >= 0.6 is 11.8 Å². The van der Waals surface area contributed by atoms with Crippen LogP contribution in [-0.2, 0) is 4.74 Å². The van der Waals surface area contributed by atoms with Gasteiger partial charge in [0.1, 0.15) is 11.6 Å². The molecule has 6 heteroatoms. The minimum absolute atomic E-state index is 0.0328. The van der Waals surface area contributed by atoms with Crippen molar-refractivity contribution in [1.29, 1.82) is 0 Å². The largest absolute Gasteiger partial charge is 0.458 e. The predicted molar refractivity (Wildman–Crippen MR) is 81.9 cm³/mol. The number of rotatable bonds is 6. The topological polar surface area (TPSA) is 39.2 Å². The highest BCUT2D eigenvalue weighted by atomic mass is 32.2. The molecule has 114 valence electrons. The first-order chi connectivity index (χ1) is 10.7. The van der Waals surface area contributed by atoms with Gasteiger partial charge in [-0.05, 0) is 35.5 Å². The number of pyridine rings is 1. The van der Waals surface area contributed by atoms with E-state index in [1.54, 1.807) is 6.08 Å². The first-order valence-corrected chi connectivity index (χ1v) is 7.33. The number of carbonyl (C=O) groups is 1. The van der Waals surface area contributed by atoms with E-state index in [9.17, 15) is 13.6 Å². The third kappa shape index (κ3) is 4.96. The quantitative estimate of drug-likeness (QED) is 0.588. The molecule has 0 fully saturated rings. The molecule has 0 aliphatic rings. The summed E-state index contributed by atoms with van der Waals surface area (Å²) in [6.45, 7) is 0.0570. The molecule has 0 N–H and O–H groups in total. The first kappa shape index (κ1) is 16.2. The van der Waals surface area contributed by atoms with E-state index in [0.29, 0.717) is 0 Å². The number of thioether (sulfide) groups is 1. The second kappa shape index (κ2) is 8.29. The van der Waals surface area contributed by atoms with Crippen LogP contribution in [0.3, 0.4) is 0 Å². The molecule has 0 aliphatic carbocycles. The Kier molecular flexibility index (Phi) is 6.09. The van der Waals surface area contributed by atoms with E-state index < -0.39 is 11.7 Å². The smallest absolute Gasteiger partial charge is 0.341 e. The van der Waals surface area contributed by atoms with Gasteiger partial charge in [0.25, 0.3) is 5.76 Å². The molecule has 0 bridgehead atoms. The van der Waals surface area contributed by atoms with Crippen LogP contribution in [0, 0.1) is 0 Å². The number of nitrogens with zero attached hydrogens (tertiary/aromatic N) is 1. The number of aromatic nitrogens is 1. The van der Waals surface area contributed by atoms with E-state index in [2.05, 4.69) is 4.98 Å². The minimum atomic E-state index is -2.64. The molecule has 0 amide bonds. The third-order valence-electron chi connectivity index (χ3n) is 2.61. The molecule has 0 radical (unpaired) electrons. The van der Waals surface area contributed by atoms with Gasteiger partial charge in [0.2, 0.25) is 0 Å². The zero-order chi connectivity index (χ0) is 15.8. The normalized spacial score (nSPS) is 11.0. The Balaban J connectivity index is 1.94. The molecule has 22 heavy (non-hydrogen) atoms. The highest BCUT2D eigenvalue weighted by molar-refractivity contribution is 7.99. The average Bonchev–Trinajstić information content (AvgIpc) is 2.52. The lowest BCUT2D eigenvalue weighted by molar-refractivity contribution is 0.0545. The van der Waals surface area contributed by atoms with Crippen molar-refractivity contribution in [3.63, 3.8) is 0 Å². The lowest BCUT2D eigenvalue weighted by atomic mass is 10.2. The van der Waals surface area contributed by atoms with Crippen LogP contribution < -0.4 is 0 Å². The molecule has 2 rings (SSSR count). The summed E-state index contributed by atoms with van der Waals surface area (Å²) in [6, 6.07) is 12.5. The Morgan fingerprint density at radius 2 is 2.00 bits per heavy atom. The van der Waals surface area contributed by atoms with Gasteiger partial charge in [-0.25, -0.2) is 9.78 Å². The Hall–Kier alpha value is -2.21. The Morgan fingerprint density at radius 3 is 2.73 bits per heavy atom. The van der Waals surface area contributed by atoms with E-state index in [4.69, 9.17) is 4.74 Å². The lowest BCUT2D eigenvalue weighted by Crippen LogP contribution is -2.08. The summed E-state index contributed by atoms with van der Waals surface area (Å²) in [5, 5.41) is -0.0328. The molecule has 3 nitrogen and oxygen atoms in total. The number of alkyl halides is 2. The van der Waals surface area contributed by atoms with Crippen molar-refractivity contribution >= 4 is 23.8 Å². The second-order valence-electron chi connectivity index (χ2n) is 4.15. The maximum absolute atomic E-state index is 12.4. The van der Waals surface area contributed by atoms with Gasteiger partial charge in [0.05, 0.1) is 5.56 Å². The van der Waals surface area contributed by atoms with Crippen molar-refractivity contribution in [3.8, 4) is 0 Å². The summed E-state index contributed by atoms with van der Waals surface area (Å²) in [6.07, 6.45) is 4.85. The number of halogens is 2. The lowest BCUT2D eigenvalue weighted by Gasteiger charge is -2.06.